The number of aromatic nitrogens is 1. The Morgan fingerprint density at radius 3 is 2.57 bits per heavy atom. The van der Waals surface area contributed by atoms with Crippen LogP contribution in [0.3, 0.4) is 0 Å². The van der Waals surface area contributed by atoms with E-state index in [0.29, 0.717) is 16.4 Å². The second-order valence-electron chi connectivity index (χ2n) is 4.13. The number of nitrogens with zero attached hydrogens (tertiary/aromatic N) is 2. The smallest absolute Gasteiger partial charge is 0.340 e. The van der Waals surface area contributed by atoms with Crippen LogP contribution >= 0.6 is 22.6 Å². The quantitative estimate of drug-likeness (QED) is 0.437. The van der Waals surface area contributed by atoms with Crippen LogP contribution in [0.15, 0.2) is 30.5 Å². The van der Waals surface area contributed by atoms with Gasteiger partial charge in [0.05, 0.1) is 18.4 Å². The molecule has 1 N–H and O–H groups in total. The maximum atomic E-state index is 14.2. The Morgan fingerprint density at radius 1 is 1.35 bits per heavy atom. The molecular weight excluding hydrogens is 445 g/mol. The summed E-state index contributed by atoms with van der Waals surface area (Å²) in [6.07, 6.45) is 1.40. The van der Waals surface area contributed by atoms with Crippen LogP contribution in [0.1, 0.15) is 10.4 Å². The van der Waals surface area contributed by atoms with Crippen molar-refractivity contribution in [3.05, 3.63) is 51.2 Å². The summed E-state index contributed by atoms with van der Waals surface area (Å²) in [5.74, 6) is -3.28. The van der Waals surface area contributed by atoms with Crippen LogP contribution in [0.25, 0.3) is 0 Å². The third kappa shape index (κ3) is 3.82. The van der Waals surface area contributed by atoms with Gasteiger partial charge in [-0.15, -0.1) is 0 Å². The Balaban J connectivity index is 2.56. The standard InChI is InChI=1S/C13H9F2IN2O4S/c1-22-13(19)8-4-10(15)11(5-9(8)14)18(23(20)21)12-3-2-7(16)6-17-12/h2-6H,1H3,(H,20,21). The van der Waals surface area contributed by atoms with Crippen LogP contribution in [-0.4, -0.2) is 26.8 Å². The topological polar surface area (TPSA) is 79.7 Å². The lowest BCUT2D eigenvalue weighted by Gasteiger charge is -2.20. The molecule has 0 radical (unpaired) electrons. The van der Waals surface area contributed by atoms with Crippen LogP contribution in [-0.2, 0) is 16.0 Å². The van der Waals surface area contributed by atoms with Gasteiger partial charge >= 0.3 is 5.97 Å². The number of carbonyl (C=O) groups excluding carboxylic acids is 1. The number of hydrogen-bond acceptors (Lipinski definition) is 4. The third-order valence-corrected chi connectivity index (χ3v) is 4.07. The van der Waals surface area contributed by atoms with Gasteiger partial charge in [-0.1, -0.05) is 0 Å². The van der Waals surface area contributed by atoms with Gasteiger partial charge in [0.15, 0.2) is 0 Å². The molecule has 0 amide bonds. The first-order valence-electron chi connectivity index (χ1n) is 5.95. The van der Waals surface area contributed by atoms with E-state index in [0.717, 1.165) is 10.7 Å². The number of pyridine rings is 1. The van der Waals surface area contributed by atoms with E-state index >= 15 is 0 Å². The Kier molecular flexibility index (Phi) is 5.59. The highest BCUT2D eigenvalue weighted by Crippen LogP contribution is 2.30. The highest BCUT2D eigenvalue weighted by Gasteiger charge is 2.24. The maximum Gasteiger partial charge on any atom is 0.340 e. The number of hydrogen-bond donors (Lipinski definition) is 1. The Hall–Kier alpha value is -1.66. The molecule has 1 unspecified atom stereocenters. The molecule has 0 spiro atoms. The van der Waals surface area contributed by atoms with E-state index in [9.17, 15) is 22.3 Å². The molecule has 122 valence electrons. The minimum absolute atomic E-state index is 0.0598. The number of rotatable bonds is 4. The predicted molar refractivity (Wildman–Crippen MR) is 87.6 cm³/mol. The van der Waals surface area contributed by atoms with E-state index in [1.165, 1.54) is 12.3 Å². The molecule has 1 aromatic carbocycles. The second kappa shape index (κ2) is 7.27. The first-order chi connectivity index (χ1) is 10.8. The molecule has 0 aliphatic heterocycles. The lowest BCUT2D eigenvalue weighted by atomic mass is 10.2. The fourth-order valence-electron chi connectivity index (χ4n) is 1.73. The van der Waals surface area contributed by atoms with Crippen molar-refractivity contribution < 1.29 is 27.1 Å². The first-order valence-corrected chi connectivity index (χ1v) is 8.09. The van der Waals surface area contributed by atoms with Crippen LogP contribution in [0, 0.1) is 15.2 Å². The summed E-state index contributed by atoms with van der Waals surface area (Å²) in [6.45, 7) is 0. The fraction of sp³-hybridized carbons (Fsp3) is 0.0769. The number of anilines is 2. The second-order valence-corrected chi connectivity index (χ2v) is 6.21. The Morgan fingerprint density at radius 2 is 2.04 bits per heavy atom. The molecular formula is C13H9F2IN2O4S. The molecule has 2 rings (SSSR count). The minimum Gasteiger partial charge on any atom is -0.465 e. The highest BCUT2D eigenvalue weighted by molar-refractivity contribution is 14.1. The maximum absolute atomic E-state index is 14.2. The van der Waals surface area contributed by atoms with Crippen molar-refractivity contribution in [2.45, 2.75) is 0 Å². The lowest BCUT2D eigenvalue weighted by molar-refractivity contribution is 0.0595. The number of ether oxygens (including phenoxy) is 1. The fourth-order valence-corrected chi connectivity index (χ4v) is 2.63. The monoisotopic (exact) mass is 454 g/mol. The minimum atomic E-state index is -2.70. The van der Waals surface area contributed by atoms with Crippen LogP contribution in [0.4, 0.5) is 20.3 Å². The molecule has 0 aliphatic rings. The SMILES string of the molecule is COC(=O)c1cc(F)c(N(c2ccc(I)cn2)S(=O)O)cc1F. The lowest BCUT2D eigenvalue weighted by Crippen LogP contribution is -2.22. The molecule has 1 aromatic heterocycles. The summed E-state index contributed by atoms with van der Waals surface area (Å²) in [7, 11) is 1.03. The molecule has 0 bridgehead atoms. The molecule has 0 aliphatic carbocycles. The third-order valence-electron chi connectivity index (χ3n) is 2.74. The number of carbonyl (C=O) groups is 1. The molecule has 1 atom stereocenters. The number of methoxy groups -OCH3 is 1. The van der Waals surface area contributed by atoms with E-state index in [4.69, 9.17) is 0 Å². The van der Waals surface area contributed by atoms with Gasteiger partial charge < -0.3 is 4.74 Å². The van der Waals surface area contributed by atoms with Gasteiger partial charge in [-0.25, -0.2) is 27.1 Å². The van der Waals surface area contributed by atoms with Crippen LogP contribution < -0.4 is 4.31 Å². The Labute approximate surface area is 146 Å². The molecule has 2 aromatic rings. The number of esters is 1. The average Bonchev–Trinajstić information content (AvgIpc) is 2.51. The molecule has 0 fully saturated rings. The van der Waals surface area contributed by atoms with Crippen molar-refractivity contribution in [2.75, 3.05) is 11.4 Å². The van der Waals surface area contributed by atoms with Crippen molar-refractivity contribution >= 4 is 51.3 Å². The van der Waals surface area contributed by atoms with Gasteiger partial charge in [-0.2, -0.15) is 0 Å². The van der Waals surface area contributed by atoms with Gasteiger partial charge in [-0.05, 0) is 40.8 Å². The Bertz CT molecular complexity index is 773. The summed E-state index contributed by atoms with van der Waals surface area (Å²) in [4.78, 5) is 15.2. The molecule has 10 heteroatoms. The number of halogens is 3. The largest absolute Gasteiger partial charge is 0.465 e. The van der Waals surface area contributed by atoms with Crippen LogP contribution in [0.2, 0.25) is 0 Å². The summed E-state index contributed by atoms with van der Waals surface area (Å²) in [6, 6.07) is 4.19. The van der Waals surface area contributed by atoms with E-state index in [1.54, 1.807) is 6.07 Å². The predicted octanol–water partition coefficient (Wildman–Crippen LogP) is 3.03. The summed E-state index contributed by atoms with van der Waals surface area (Å²) in [5.41, 5.74) is -1.15. The van der Waals surface area contributed by atoms with Crippen molar-refractivity contribution in [2.24, 2.45) is 0 Å². The van der Waals surface area contributed by atoms with Gasteiger partial charge in [0.1, 0.15) is 17.5 Å². The van der Waals surface area contributed by atoms with Gasteiger partial charge in [-0.3, -0.25) is 4.55 Å². The molecule has 6 nitrogen and oxygen atoms in total. The van der Waals surface area contributed by atoms with E-state index in [-0.39, 0.29) is 5.82 Å². The molecule has 1 heterocycles. The normalized spacial score (nSPS) is 11.9. The summed E-state index contributed by atoms with van der Waals surface area (Å²) >= 11 is -0.729. The van der Waals surface area contributed by atoms with Crippen molar-refractivity contribution in [1.29, 1.82) is 0 Å². The first kappa shape index (κ1) is 17.7. The highest BCUT2D eigenvalue weighted by atomic mass is 127. The van der Waals surface area contributed by atoms with E-state index in [2.05, 4.69) is 9.72 Å². The van der Waals surface area contributed by atoms with E-state index < -0.39 is 40.1 Å². The van der Waals surface area contributed by atoms with Gasteiger partial charge in [0.2, 0.25) is 0 Å². The summed E-state index contributed by atoms with van der Waals surface area (Å²) in [5, 5.41) is 0. The molecule has 0 saturated carbocycles. The van der Waals surface area contributed by atoms with Gasteiger partial charge in [0, 0.05) is 15.8 Å². The molecule has 23 heavy (non-hydrogen) atoms. The van der Waals surface area contributed by atoms with Crippen molar-refractivity contribution in [1.82, 2.24) is 4.98 Å². The van der Waals surface area contributed by atoms with Crippen molar-refractivity contribution in [3.63, 3.8) is 0 Å². The zero-order chi connectivity index (χ0) is 17.1. The average molecular weight is 454 g/mol. The number of benzene rings is 1. The van der Waals surface area contributed by atoms with Crippen molar-refractivity contribution in [3.8, 4) is 0 Å². The molecule has 0 saturated heterocycles. The van der Waals surface area contributed by atoms with Gasteiger partial charge in [0.25, 0.3) is 11.3 Å². The zero-order valence-electron chi connectivity index (χ0n) is 11.5. The van der Waals surface area contributed by atoms with E-state index in [1.807, 2.05) is 22.6 Å². The van der Waals surface area contributed by atoms with Crippen LogP contribution in [0.5, 0.6) is 0 Å². The summed E-state index contributed by atoms with van der Waals surface area (Å²) < 4.78 is 54.8. The zero-order valence-corrected chi connectivity index (χ0v) is 14.5.